The van der Waals surface area contributed by atoms with E-state index in [1.54, 1.807) is 10.9 Å². The maximum Gasteiger partial charge on any atom is 0.254 e. The van der Waals surface area contributed by atoms with Crippen LogP contribution in [0, 0.1) is 6.92 Å². The van der Waals surface area contributed by atoms with E-state index in [0.29, 0.717) is 12.1 Å². The second kappa shape index (κ2) is 7.98. The molecular formula is C23H26N4O. The Hall–Kier alpha value is -2.92. The Morgan fingerprint density at radius 1 is 1.11 bits per heavy atom. The third-order valence-electron chi connectivity index (χ3n) is 5.60. The van der Waals surface area contributed by atoms with Gasteiger partial charge in [-0.15, -0.1) is 0 Å². The molecule has 0 fully saturated rings. The monoisotopic (exact) mass is 374 g/mol. The molecule has 2 aromatic carbocycles. The lowest BCUT2D eigenvalue weighted by Gasteiger charge is -2.33. The van der Waals surface area contributed by atoms with E-state index in [1.807, 2.05) is 37.3 Å². The number of amides is 1. The van der Waals surface area contributed by atoms with Gasteiger partial charge in [0.1, 0.15) is 0 Å². The largest absolute Gasteiger partial charge is 0.350 e. The van der Waals surface area contributed by atoms with E-state index in [4.69, 9.17) is 0 Å². The molecule has 0 spiro atoms. The van der Waals surface area contributed by atoms with Crippen molar-refractivity contribution in [3.63, 3.8) is 0 Å². The number of para-hydroxylation sites is 1. The van der Waals surface area contributed by atoms with E-state index in [-0.39, 0.29) is 11.9 Å². The van der Waals surface area contributed by atoms with E-state index in [0.717, 1.165) is 30.9 Å². The zero-order valence-corrected chi connectivity index (χ0v) is 16.4. The molecule has 0 saturated heterocycles. The fourth-order valence-corrected chi connectivity index (χ4v) is 3.82. The van der Waals surface area contributed by atoms with Gasteiger partial charge in [0.15, 0.2) is 0 Å². The van der Waals surface area contributed by atoms with Gasteiger partial charge in [-0.1, -0.05) is 42.5 Å². The van der Waals surface area contributed by atoms with Crippen molar-refractivity contribution in [3.05, 3.63) is 83.2 Å². The molecule has 1 aromatic heterocycles. The number of benzene rings is 2. The first-order valence-corrected chi connectivity index (χ1v) is 9.82. The number of fused-ring (bicyclic) bond motifs is 1. The summed E-state index contributed by atoms with van der Waals surface area (Å²) >= 11 is 0. The molecule has 1 aliphatic heterocycles. The molecule has 1 unspecified atom stereocenters. The first kappa shape index (κ1) is 18.4. The standard InChI is InChI=1S/C23H26N4O/c1-17(26-13-12-19-8-6-7-9-20(19)16-26)14-24-23(28)22-15-25-27(18(22)2)21-10-4-3-5-11-21/h3-11,15,17H,12-14,16H2,1-2H3,(H,24,28). The molecule has 5 nitrogen and oxygen atoms in total. The average molecular weight is 374 g/mol. The van der Waals surface area contributed by atoms with Gasteiger partial charge in [0.25, 0.3) is 5.91 Å². The molecule has 0 saturated carbocycles. The smallest absolute Gasteiger partial charge is 0.254 e. The predicted molar refractivity (Wildman–Crippen MR) is 111 cm³/mol. The van der Waals surface area contributed by atoms with Crippen molar-refractivity contribution in [2.75, 3.05) is 13.1 Å². The van der Waals surface area contributed by atoms with Crippen molar-refractivity contribution in [2.24, 2.45) is 0 Å². The minimum absolute atomic E-state index is 0.0658. The number of rotatable bonds is 5. The van der Waals surface area contributed by atoms with E-state index >= 15 is 0 Å². The lowest BCUT2D eigenvalue weighted by atomic mass is 9.99. The van der Waals surface area contributed by atoms with Crippen LogP contribution in [0.1, 0.15) is 34.1 Å². The fourth-order valence-electron chi connectivity index (χ4n) is 3.82. The quantitative estimate of drug-likeness (QED) is 0.745. The molecule has 4 rings (SSSR count). The second-order valence-corrected chi connectivity index (χ2v) is 7.44. The van der Waals surface area contributed by atoms with Crippen molar-refractivity contribution >= 4 is 5.91 Å². The molecule has 5 heteroatoms. The summed E-state index contributed by atoms with van der Waals surface area (Å²) in [6.07, 6.45) is 2.72. The Kier molecular flexibility index (Phi) is 5.26. The third kappa shape index (κ3) is 3.71. The molecule has 1 amide bonds. The Balaban J connectivity index is 1.38. The van der Waals surface area contributed by atoms with Crippen molar-refractivity contribution < 1.29 is 4.79 Å². The average Bonchev–Trinajstić information content (AvgIpc) is 3.13. The number of aromatic nitrogens is 2. The van der Waals surface area contributed by atoms with Gasteiger partial charge in [0.05, 0.1) is 23.1 Å². The van der Waals surface area contributed by atoms with Gasteiger partial charge in [-0.25, -0.2) is 4.68 Å². The normalized spacial score (nSPS) is 15.1. The van der Waals surface area contributed by atoms with Crippen molar-refractivity contribution in [3.8, 4) is 5.69 Å². The third-order valence-corrected chi connectivity index (χ3v) is 5.60. The first-order valence-electron chi connectivity index (χ1n) is 9.82. The Morgan fingerprint density at radius 2 is 1.82 bits per heavy atom. The first-order chi connectivity index (χ1) is 13.6. The van der Waals surface area contributed by atoms with Gasteiger partial charge in [-0.3, -0.25) is 9.69 Å². The van der Waals surface area contributed by atoms with Crippen molar-refractivity contribution in [2.45, 2.75) is 32.9 Å². The number of nitrogens with zero attached hydrogens (tertiary/aromatic N) is 3. The lowest BCUT2D eigenvalue weighted by Crippen LogP contribution is -2.44. The van der Waals surface area contributed by atoms with Crippen LogP contribution >= 0.6 is 0 Å². The van der Waals surface area contributed by atoms with Gasteiger partial charge in [-0.05, 0) is 43.5 Å². The van der Waals surface area contributed by atoms with E-state index in [9.17, 15) is 4.79 Å². The highest BCUT2D eigenvalue weighted by atomic mass is 16.1. The van der Waals surface area contributed by atoms with E-state index < -0.39 is 0 Å². The molecule has 3 aromatic rings. The van der Waals surface area contributed by atoms with Crippen LogP contribution in [0.3, 0.4) is 0 Å². The summed E-state index contributed by atoms with van der Waals surface area (Å²) in [4.78, 5) is 15.1. The van der Waals surface area contributed by atoms with Crippen LogP contribution in [0.4, 0.5) is 0 Å². The second-order valence-electron chi connectivity index (χ2n) is 7.44. The van der Waals surface area contributed by atoms with Crippen LogP contribution in [0.2, 0.25) is 0 Å². The topological polar surface area (TPSA) is 50.2 Å². The molecule has 1 aliphatic rings. The summed E-state index contributed by atoms with van der Waals surface area (Å²) < 4.78 is 1.81. The van der Waals surface area contributed by atoms with Crippen LogP contribution in [-0.2, 0) is 13.0 Å². The predicted octanol–water partition coefficient (Wildman–Crippen LogP) is 3.36. The number of carbonyl (C=O) groups is 1. The highest BCUT2D eigenvalue weighted by Crippen LogP contribution is 2.20. The van der Waals surface area contributed by atoms with E-state index in [2.05, 4.69) is 46.5 Å². The summed E-state index contributed by atoms with van der Waals surface area (Å²) in [5.74, 6) is -0.0658. The number of nitrogens with one attached hydrogen (secondary N) is 1. The number of carbonyl (C=O) groups excluding carboxylic acids is 1. The molecular weight excluding hydrogens is 348 g/mol. The minimum atomic E-state index is -0.0658. The van der Waals surface area contributed by atoms with Crippen LogP contribution in [0.15, 0.2) is 60.8 Å². The molecule has 1 N–H and O–H groups in total. The van der Waals surface area contributed by atoms with Gasteiger partial charge in [0, 0.05) is 25.7 Å². The van der Waals surface area contributed by atoms with Crippen LogP contribution in [0.5, 0.6) is 0 Å². The Bertz CT molecular complexity index is 964. The van der Waals surface area contributed by atoms with Crippen molar-refractivity contribution in [1.29, 1.82) is 0 Å². The highest BCUT2D eigenvalue weighted by molar-refractivity contribution is 5.95. The maximum absolute atomic E-state index is 12.7. The molecule has 0 aliphatic carbocycles. The molecule has 1 atom stereocenters. The summed E-state index contributed by atoms with van der Waals surface area (Å²) in [6, 6.07) is 18.8. The molecule has 0 radical (unpaired) electrons. The molecule has 28 heavy (non-hydrogen) atoms. The fraction of sp³-hybridized carbons (Fsp3) is 0.304. The summed E-state index contributed by atoms with van der Waals surface area (Å²) in [7, 11) is 0. The van der Waals surface area contributed by atoms with Crippen LogP contribution in [-0.4, -0.2) is 39.7 Å². The zero-order valence-electron chi connectivity index (χ0n) is 16.4. The Morgan fingerprint density at radius 3 is 2.61 bits per heavy atom. The molecule has 0 bridgehead atoms. The highest BCUT2D eigenvalue weighted by Gasteiger charge is 2.22. The summed E-state index contributed by atoms with van der Waals surface area (Å²) in [6.45, 7) is 6.70. The maximum atomic E-state index is 12.7. The number of hydrogen-bond acceptors (Lipinski definition) is 3. The summed E-state index contributed by atoms with van der Waals surface area (Å²) in [5, 5.41) is 7.49. The Labute approximate surface area is 166 Å². The van der Waals surface area contributed by atoms with Gasteiger partial charge in [-0.2, -0.15) is 5.10 Å². The molecule has 144 valence electrons. The van der Waals surface area contributed by atoms with Crippen LogP contribution < -0.4 is 5.32 Å². The van der Waals surface area contributed by atoms with E-state index in [1.165, 1.54) is 11.1 Å². The van der Waals surface area contributed by atoms with Gasteiger partial charge < -0.3 is 5.32 Å². The van der Waals surface area contributed by atoms with Gasteiger partial charge in [0.2, 0.25) is 0 Å². The van der Waals surface area contributed by atoms with Crippen LogP contribution in [0.25, 0.3) is 5.69 Å². The summed E-state index contributed by atoms with van der Waals surface area (Å²) in [5.41, 5.74) is 5.27. The number of hydrogen-bond donors (Lipinski definition) is 1. The minimum Gasteiger partial charge on any atom is -0.350 e. The zero-order chi connectivity index (χ0) is 19.5. The molecule has 2 heterocycles. The van der Waals surface area contributed by atoms with Crippen molar-refractivity contribution in [1.82, 2.24) is 20.0 Å². The lowest BCUT2D eigenvalue weighted by molar-refractivity contribution is 0.0932. The van der Waals surface area contributed by atoms with Gasteiger partial charge >= 0.3 is 0 Å². The SMILES string of the molecule is Cc1c(C(=O)NCC(C)N2CCc3ccccc3C2)cnn1-c1ccccc1.